The molecule has 5 heteroatoms. The summed E-state index contributed by atoms with van der Waals surface area (Å²) in [5.74, 6) is 0.0912. The number of carbonyl (C=O) groups excluding carboxylic acids is 1. The monoisotopic (exact) mass is 301 g/mol. The minimum atomic E-state index is 0.0912. The highest BCUT2D eigenvalue weighted by atomic mass is 32.1. The Morgan fingerprint density at radius 1 is 1.24 bits per heavy atom. The Morgan fingerprint density at radius 2 is 2.00 bits per heavy atom. The van der Waals surface area contributed by atoms with Crippen LogP contribution in [0, 0.1) is 0 Å². The SMILES string of the molecule is O=C(Cc1csc(-c2ccncc2)n1)NC1CCCCC1. The Hall–Kier alpha value is -1.75. The van der Waals surface area contributed by atoms with E-state index < -0.39 is 0 Å². The minimum absolute atomic E-state index is 0.0912. The fourth-order valence-electron chi connectivity index (χ4n) is 2.71. The van der Waals surface area contributed by atoms with E-state index in [1.165, 1.54) is 19.3 Å². The predicted molar refractivity (Wildman–Crippen MR) is 84.1 cm³/mol. The third-order valence-corrected chi connectivity index (χ3v) is 4.73. The summed E-state index contributed by atoms with van der Waals surface area (Å²) < 4.78 is 0. The van der Waals surface area contributed by atoms with Crippen molar-refractivity contribution >= 4 is 17.2 Å². The Morgan fingerprint density at radius 3 is 2.76 bits per heavy atom. The van der Waals surface area contributed by atoms with Gasteiger partial charge in [-0.05, 0) is 25.0 Å². The molecule has 2 aromatic rings. The molecule has 0 radical (unpaired) electrons. The molecule has 1 N–H and O–H groups in total. The maximum Gasteiger partial charge on any atom is 0.226 e. The van der Waals surface area contributed by atoms with E-state index in [2.05, 4.69) is 15.3 Å². The van der Waals surface area contributed by atoms with Gasteiger partial charge in [-0.15, -0.1) is 11.3 Å². The number of nitrogens with zero attached hydrogens (tertiary/aromatic N) is 2. The average Bonchev–Trinajstić information content (AvgIpc) is 2.97. The van der Waals surface area contributed by atoms with Crippen molar-refractivity contribution in [3.63, 3.8) is 0 Å². The molecule has 110 valence electrons. The second kappa shape index (κ2) is 6.80. The highest BCUT2D eigenvalue weighted by Gasteiger charge is 2.16. The molecule has 0 bridgehead atoms. The third kappa shape index (κ3) is 3.88. The van der Waals surface area contributed by atoms with Gasteiger partial charge in [0.15, 0.2) is 0 Å². The lowest BCUT2D eigenvalue weighted by Crippen LogP contribution is -2.37. The summed E-state index contributed by atoms with van der Waals surface area (Å²) >= 11 is 1.57. The number of thiazole rings is 1. The zero-order chi connectivity index (χ0) is 14.5. The number of aromatic nitrogens is 2. The average molecular weight is 301 g/mol. The van der Waals surface area contributed by atoms with Gasteiger partial charge in [0.2, 0.25) is 5.91 Å². The van der Waals surface area contributed by atoms with E-state index in [9.17, 15) is 4.79 Å². The molecule has 0 unspecified atom stereocenters. The molecular formula is C16H19N3OS. The minimum Gasteiger partial charge on any atom is -0.353 e. The smallest absolute Gasteiger partial charge is 0.226 e. The van der Waals surface area contributed by atoms with Crippen molar-refractivity contribution in [2.45, 2.75) is 44.6 Å². The molecule has 21 heavy (non-hydrogen) atoms. The van der Waals surface area contributed by atoms with Crippen molar-refractivity contribution in [3.8, 4) is 10.6 Å². The van der Waals surface area contributed by atoms with Crippen molar-refractivity contribution in [1.82, 2.24) is 15.3 Å². The molecule has 1 saturated carbocycles. The number of carbonyl (C=O) groups is 1. The molecule has 0 aliphatic heterocycles. The molecule has 2 aromatic heterocycles. The molecule has 1 fully saturated rings. The Bertz CT molecular complexity index is 591. The fraction of sp³-hybridized carbons (Fsp3) is 0.438. The summed E-state index contributed by atoms with van der Waals surface area (Å²) in [4.78, 5) is 20.6. The summed E-state index contributed by atoms with van der Waals surface area (Å²) in [6.07, 6.45) is 9.88. The topological polar surface area (TPSA) is 54.9 Å². The zero-order valence-corrected chi connectivity index (χ0v) is 12.7. The number of nitrogens with one attached hydrogen (secondary N) is 1. The highest BCUT2D eigenvalue weighted by molar-refractivity contribution is 7.13. The van der Waals surface area contributed by atoms with Gasteiger partial charge < -0.3 is 5.32 Å². The van der Waals surface area contributed by atoms with E-state index in [4.69, 9.17) is 0 Å². The highest BCUT2D eigenvalue weighted by Crippen LogP contribution is 2.23. The van der Waals surface area contributed by atoms with E-state index in [0.29, 0.717) is 12.5 Å². The number of hydrogen-bond donors (Lipinski definition) is 1. The molecule has 4 nitrogen and oxygen atoms in total. The summed E-state index contributed by atoms with van der Waals surface area (Å²) in [6.45, 7) is 0. The third-order valence-electron chi connectivity index (χ3n) is 3.79. The molecular weight excluding hydrogens is 282 g/mol. The zero-order valence-electron chi connectivity index (χ0n) is 11.9. The van der Waals surface area contributed by atoms with E-state index in [-0.39, 0.29) is 5.91 Å². The molecule has 0 saturated heterocycles. The molecule has 0 spiro atoms. The quantitative estimate of drug-likeness (QED) is 0.943. The van der Waals surface area contributed by atoms with Crippen molar-refractivity contribution in [3.05, 3.63) is 35.6 Å². The molecule has 3 rings (SSSR count). The van der Waals surface area contributed by atoms with Crippen LogP contribution in [0.5, 0.6) is 0 Å². The molecule has 0 aromatic carbocycles. The van der Waals surface area contributed by atoms with Crippen LogP contribution >= 0.6 is 11.3 Å². The number of pyridine rings is 1. The standard InChI is InChI=1S/C16H19N3OS/c20-15(18-13-4-2-1-3-5-13)10-14-11-21-16(19-14)12-6-8-17-9-7-12/h6-9,11,13H,1-5,10H2,(H,18,20). The van der Waals surface area contributed by atoms with Crippen molar-refractivity contribution < 1.29 is 4.79 Å². The van der Waals surface area contributed by atoms with Crippen molar-refractivity contribution in [1.29, 1.82) is 0 Å². The number of hydrogen-bond acceptors (Lipinski definition) is 4. The normalized spacial score (nSPS) is 15.8. The summed E-state index contributed by atoms with van der Waals surface area (Å²) in [6, 6.07) is 4.24. The van der Waals surface area contributed by atoms with E-state index in [1.807, 2.05) is 17.5 Å². The van der Waals surface area contributed by atoms with Gasteiger partial charge >= 0.3 is 0 Å². The first kappa shape index (κ1) is 14.2. The molecule has 1 aliphatic rings. The van der Waals surface area contributed by atoms with Gasteiger partial charge in [-0.3, -0.25) is 9.78 Å². The van der Waals surface area contributed by atoms with Crippen LogP contribution in [0.1, 0.15) is 37.8 Å². The van der Waals surface area contributed by atoms with Crippen molar-refractivity contribution in [2.24, 2.45) is 0 Å². The maximum absolute atomic E-state index is 12.1. The van der Waals surface area contributed by atoms with Crippen LogP contribution in [0.4, 0.5) is 0 Å². The Kier molecular flexibility index (Phi) is 4.60. The lowest BCUT2D eigenvalue weighted by molar-refractivity contribution is -0.121. The second-order valence-corrected chi connectivity index (χ2v) is 6.32. The van der Waals surface area contributed by atoms with Crippen molar-refractivity contribution in [2.75, 3.05) is 0 Å². The summed E-state index contributed by atoms with van der Waals surface area (Å²) in [5.41, 5.74) is 1.90. The van der Waals surface area contributed by atoms with Gasteiger partial charge in [0.05, 0.1) is 12.1 Å². The van der Waals surface area contributed by atoms with Crippen LogP contribution < -0.4 is 5.32 Å². The first-order chi connectivity index (χ1) is 10.3. The second-order valence-electron chi connectivity index (χ2n) is 5.46. The first-order valence-electron chi connectivity index (χ1n) is 7.45. The van der Waals surface area contributed by atoms with Gasteiger partial charge in [-0.1, -0.05) is 19.3 Å². The van der Waals surface area contributed by atoms with Crippen LogP contribution in [0.3, 0.4) is 0 Å². The maximum atomic E-state index is 12.1. The van der Waals surface area contributed by atoms with E-state index in [1.54, 1.807) is 23.7 Å². The Labute approximate surface area is 128 Å². The lowest BCUT2D eigenvalue weighted by atomic mass is 9.95. The van der Waals surface area contributed by atoms with Gasteiger partial charge in [-0.2, -0.15) is 0 Å². The van der Waals surface area contributed by atoms with Gasteiger partial charge in [0, 0.05) is 29.4 Å². The largest absolute Gasteiger partial charge is 0.353 e. The van der Waals surface area contributed by atoms with Gasteiger partial charge in [0.1, 0.15) is 5.01 Å². The molecule has 2 heterocycles. The van der Waals surface area contributed by atoms with Gasteiger partial charge in [-0.25, -0.2) is 4.98 Å². The Balaban J connectivity index is 1.58. The first-order valence-corrected chi connectivity index (χ1v) is 8.33. The van der Waals surface area contributed by atoms with E-state index in [0.717, 1.165) is 29.1 Å². The summed E-state index contributed by atoms with van der Waals surface area (Å²) in [7, 11) is 0. The van der Waals surface area contributed by atoms with E-state index >= 15 is 0 Å². The van der Waals surface area contributed by atoms with Crippen LogP contribution in [-0.2, 0) is 11.2 Å². The molecule has 1 aliphatic carbocycles. The molecule has 1 amide bonds. The van der Waals surface area contributed by atoms with Crippen LogP contribution in [0.25, 0.3) is 10.6 Å². The predicted octanol–water partition coefficient (Wildman–Crippen LogP) is 3.20. The number of amides is 1. The van der Waals surface area contributed by atoms with Crippen LogP contribution in [-0.4, -0.2) is 21.9 Å². The van der Waals surface area contributed by atoms with Crippen LogP contribution in [0.15, 0.2) is 29.9 Å². The van der Waals surface area contributed by atoms with Gasteiger partial charge in [0.25, 0.3) is 0 Å². The number of rotatable bonds is 4. The summed E-state index contributed by atoms with van der Waals surface area (Å²) in [5, 5.41) is 6.04. The fourth-order valence-corrected chi connectivity index (χ4v) is 3.53. The molecule has 0 atom stereocenters. The lowest BCUT2D eigenvalue weighted by Gasteiger charge is -2.22. The van der Waals surface area contributed by atoms with Crippen LogP contribution in [0.2, 0.25) is 0 Å².